The number of anilines is 1. The molecule has 4 aromatic carbocycles. The topological polar surface area (TPSA) is 323 Å². The molecule has 622 valence electrons. The molecule has 116 heavy (non-hydrogen) atoms. The van der Waals surface area contributed by atoms with Gasteiger partial charge in [0.25, 0.3) is 0 Å². The summed E-state index contributed by atoms with van der Waals surface area (Å²) in [5.41, 5.74) is 10.8. The summed E-state index contributed by atoms with van der Waals surface area (Å²) in [5, 5.41) is 53.0. The van der Waals surface area contributed by atoms with Crippen LogP contribution in [0.25, 0.3) is 21.5 Å². The summed E-state index contributed by atoms with van der Waals surface area (Å²) < 4.78 is 50.0. The smallest absolute Gasteiger partial charge is 0.396 e. The summed E-state index contributed by atoms with van der Waals surface area (Å²) >= 11 is 5.57. The SMILES string of the molecule is CC1(C)Cc2cccc(OC(CCC3=CCCCC3)C(=O)O)c2O1.O=C(O)C(CCC1=CCCCC1)Oc1ccc(-c2csnn2)cc1.O=C(O)C(CCC1=CCCCC1)Oc1ccc2sc(=O)oc2c1.O=C(O)C(CCC1=CCCCC1)Oc1cccc(N2CCOCC2)c1.O=C(O)C(CCC1=CCCCC1)Oc1cccnc1Br. The third kappa shape index (κ3) is 29.5. The van der Waals surface area contributed by atoms with Crippen LogP contribution < -0.4 is 38.3 Å². The zero-order chi connectivity index (χ0) is 82.0. The van der Waals surface area contributed by atoms with E-state index in [0.717, 1.165) is 168 Å². The number of benzene rings is 4. The molecule has 23 nitrogen and oxygen atoms in total. The number of aromatic nitrogens is 3. The Kier molecular flexibility index (Phi) is 35.5. The van der Waals surface area contributed by atoms with Gasteiger partial charge in [0, 0.05) is 60.0 Å². The van der Waals surface area contributed by atoms with Crippen LogP contribution in [0.5, 0.6) is 34.5 Å². The van der Waals surface area contributed by atoms with Gasteiger partial charge in [-0.1, -0.05) is 92.3 Å². The number of halogens is 1. The molecule has 5 N–H and O–H groups in total. The lowest BCUT2D eigenvalue weighted by Gasteiger charge is -2.29. The standard InChI is InChI=1S/C20H27NO4.C20H26O4.C18H20N2O3S.C17H18O5S.C15H18BrNO3/c22-20(23)19(10-9-16-5-2-1-3-6-16)25-18-8-4-7-17(15-18)21-11-13-24-14-12-21;1-20(2)13-15-9-6-10-16(18(15)24-20)23-17(19(21)22)12-11-14-7-4-3-5-8-14;21-18(22)17(11-6-13-4-2-1-3-5-13)23-15-9-7-14(8-10-15)16-12-24-20-19-16;18-16(19)13(8-6-11-4-2-1-3-5-11)21-12-7-9-15-14(10-12)22-17(20)23-15;16-14-12(7-4-10-17-14)20-13(15(18)19)9-8-11-5-2-1-3-6-11/h4-5,7-8,15,19H,1-3,6,9-14H2,(H,22,23);6-7,9-10,17H,3-5,8,11-13H2,1-2H3,(H,21,22);4,7-10,12,17H,1-3,5-6,11H2,(H,21,22);4,7,9-10,13H,1-3,5-6,8H2,(H,18,19);4-5,7,10,13H,1-3,6,8-9H2,(H,18,19). The second-order valence-corrected chi connectivity index (χ2v) is 32.8. The van der Waals surface area contributed by atoms with E-state index in [4.69, 9.17) is 37.6 Å². The van der Waals surface area contributed by atoms with Crippen LogP contribution in [0.1, 0.15) is 212 Å². The van der Waals surface area contributed by atoms with Crippen molar-refractivity contribution in [1.82, 2.24) is 14.6 Å². The van der Waals surface area contributed by atoms with Gasteiger partial charge >= 0.3 is 34.8 Å². The second kappa shape index (κ2) is 46.3. The van der Waals surface area contributed by atoms with Gasteiger partial charge in [-0.2, -0.15) is 0 Å². The number of fused-ring (bicyclic) bond motifs is 2. The van der Waals surface area contributed by atoms with Gasteiger partial charge in [-0.25, -0.2) is 33.8 Å². The van der Waals surface area contributed by atoms with E-state index < -0.39 is 60.4 Å². The molecular weight excluding hydrogens is 1590 g/mol. The zero-order valence-electron chi connectivity index (χ0n) is 66.3. The fourth-order valence-corrected chi connectivity index (χ4v) is 16.3. The lowest BCUT2D eigenvalue weighted by Crippen LogP contribution is -2.36. The number of pyridine rings is 1. The summed E-state index contributed by atoms with van der Waals surface area (Å²) in [6, 6.07) is 29.1. The van der Waals surface area contributed by atoms with Crippen LogP contribution in [-0.2, 0) is 35.1 Å². The van der Waals surface area contributed by atoms with E-state index >= 15 is 0 Å². The first-order valence-electron chi connectivity index (χ1n) is 40.8. The van der Waals surface area contributed by atoms with Gasteiger partial charge < -0.3 is 68.0 Å². The number of para-hydroxylation sites is 1. The van der Waals surface area contributed by atoms with Crippen molar-refractivity contribution in [2.75, 3.05) is 31.2 Å². The Morgan fingerprint density at radius 3 is 1.41 bits per heavy atom. The molecule has 7 aliphatic rings. The number of carboxylic acid groups (broad SMARTS) is 5. The molecular formula is C90H109BrN4O19S2. The molecule has 0 amide bonds. The number of ether oxygens (including phenoxy) is 7. The van der Waals surface area contributed by atoms with Crippen molar-refractivity contribution in [2.24, 2.45) is 0 Å². The Labute approximate surface area is 694 Å². The fourth-order valence-electron chi connectivity index (χ4n) is 14.8. The van der Waals surface area contributed by atoms with Crippen LogP contribution in [0, 0.1) is 0 Å². The maximum absolute atomic E-state index is 11.6. The number of hydrogen-bond acceptors (Lipinski definition) is 20. The highest BCUT2D eigenvalue weighted by Gasteiger charge is 2.34. The van der Waals surface area contributed by atoms with Gasteiger partial charge in [0.2, 0.25) is 0 Å². The van der Waals surface area contributed by atoms with Gasteiger partial charge in [-0.3, -0.25) is 0 Å². The molecule has 3 aromatic heterocycles. The zero-order valence-corrected chi connectivity index (χ0v) is 69.6. The number of hydrogen-bond donors (Lipinski definition) is 5. The Morgan fingerprint density at radius 1 is 0.517 bits per heavy atom. The molecule has 5 aliphatic carbocycles. The van der Waals surface area contributed by atoms with Crippen molar-refractivity contribution in [1.29, 1.82) is 0 Å². The quantitative estimate of drug-likeness (QED) is 0.0193. The lowest BCUT2D eigenvalue weighted by atomic mass is 9.95. The van der Waals surface area contributed by atoms with E-state index in [0.29, 0.717) is 76.8 Å². The first kappa shape index (κ1) is 88.7. The molecule has 0 bridgehead atoms. The van der Waals surface area contributed by atoms with E-state index in [-0.39, 0.29) is 10.5 Å². The normalized spacial score (nSPS) is 17.5. The predicted octanol–water partition coefficient (Wildman–Crippen LogP) is 20.4. The highest BCUT2D eigenvalue weighted by atomic mass is 79.9. The molecule has 5 atom stereocenters. The lowest BCUT2D eigenvalue weighted by molar-refractivity contribution is -0.146. The van der Waals surface area contributed by atoms with Gasteiger partial charge in [0.1, 0.15) is 33.1 Å². The minimum Gasteiger partial charge on any atom is -0.483 e. The minimum atomic E-state index is -0.978. The number of carbonyl (C=O) groups is 5. The molecule has 5 heterocycles. The van der Waals surface area contributed by atoms with E-state index in [2.05, 4.69) is 65.8 Å². The first-order valence-corrected chi connectivity index (χ1v) is 43.2. The molecule has 0 saturated carbocycles. The van der Waals surface area contributed by atoms with Crippen LogP contribution in [0.4, 0.5) is 5.69 Å². The van der Waals surface area contributed by atoms with Crippen LogP contribution in [0.2, 0.25) is 0 Å². The number of rotatable bonds is 32. The predicted molar refractivity (Wildman–Crippen MR) is 451 cm³/mol. The van der Waals surface area contributed by atoms with Gasteiger partial charge in [0.05, 0.1) is 17.9 Å². The maximum Gasteiger partial charge on any atom is 0.396 e. The summed E-state index contributed by atoms with van der Waals surface area (Å²) in [7, 11) is 0. The highest BCUT2D eigenvalue weighted by molar-refractivity contribution is 9.10. The molecule has 2 aliphatic heterocycles. The average Bonchev–Trinajstić information content (AvgIpc) is 1.64. The van der Waals surface area contributed by atoms with Crippen LogP contribution in [0.15, 0.2) is 181 Å². The summed E-state index contributed by atoms with van der Waals surface area (Å²) in [4.78, 5) is 74.5. The Morgan fingerprint density at radius 2 is 0.957 bits per heavy atom. The van der Waals surface area contributed by atoms with Gasteiger partial charge in [0.15, 0.2) is 53.4 Å². The minimum absolute atomic E-state index is 0.270. The monoisotopic (exact) mass is 1690 g/mol. The maximum atomic E-state index is 11.6. The Bertz CT molecular complexity index is 4560. The third-order valence-corrected chi connectivity index (χ3v) is 23.0. The van der Waals surface area contributed by atoms with Crippen molar-refractivity contribution >= 4 is 84.6 Å². The largest absolute Gasteiger partial charge is 0.483 e. The molecule has 1 fully saturated rings. The summed E-state index contributed by atoms with van der Waals surface area (Å²) in [6.45, 7) is 7.19. The molecule has 26 heteroatoms. The van der Waals surface area contributed by atoms with Gasteiger partial charge in [-0.15, -0.1) is 5.10 Å². The molecule has 7 aromatic rings. The van der Waals surface area contributed by atoms with E-state index in [1.165, 1.54) is 104 Å². The van der Waals surface area contributed by atoms with Crippen LogP contribution in [0.3, 0.4) is 0 Å². The fraction of sp³-hybridized carbons (Fsp3) is 0.478. The summed E-state index contributed by atoms with van der Waals surface area (Å²) in [6.07, 6.45) is 39.0. The number of allylic oxidation sites excluding steroid dienone is 10. The summed E-state index contributed by atoms with van der Waals surface area (Å²) in [5.74, 6) is -1.34. The highest BCUT2D eigenvalue weighted by Crippen LogP contribution is 2.43. The van der Waals surface area contributed by atoms with E-state index in [9.17, 15) is 54.3 Å². The van der Waals surface area contributed by atoms with Crippen molar-refractivity contribution in [3.63, 3.8) is 0 Å². The Hall–Kier alpha value is -9.63. The second-order valence-electron chi connectivity index (χ2n) is 30.5. The number of morpholine rings is 1. The van der Waals surface area contributed by atoms with Crippen LogP contribution in [-0.4, -0.2) is 132 Å². The molecule has 0 radical (unpaired) electrons. The molecule has 14 rings (SSSR count). The number of aliphatic carboxylic acids is 5. The van der Waals surface area contributed by atoms with E-state index in [1.807, 2.05) is 67.8 Å². The van der Waals surface area contributed by atoms with Crippen LogP contribution >= 0.6 is 38.8 Å². The van der Waals surface area contributed by atoms with Gasteiger partial charge in [-0.05, 0) is 301 Å². The third-order valence-electron chi connectivity index (χ3n) is 21.1. The Balaban J connectivity index is 0.000000153. The van der Waals surface area contributed by atoms with Crippen molar-refractivity contribution in [3.05, 3.63) is 187 Å². The van der Waals surface area contributed by atoms with Crippen molar-refractivity contribution in [2.45, 2.75) is 249 Å². The average molecular weight is 1690 g/mol. The first-order chi connectivity index (χ1) is 56.2. The molecule has 1 saturated heterocycles. The van der Waals surface area contributed by atoms with Crippen molar-refractivity contribution in [3.8, 4) is 45.8 Å². The molecule has 0 spiro atoms. The van der Waals surface area contributed by atoms with E-state index in [1.54, 1.807) is 54.7 Å². The number of carboxylic acids is 5. The van der Waals surface area contributed by atoms with Crippen molar-refractivity contribution < 1.29 is 87.1 Å². The molecule has 5 unspecified atom stereocenters. The number of nitrogens with zero attached hydrogens (tertiary/aromatic N) is 4.